The Morgan fingerprint density at radius 3 is 2.88 bits per heavy atom. The average Bonchev–Trinajstić information content (AvgIpc) is 2.97. The highest BCUT2D eigenvalue weighted by molar-refractivity contribution is 6.01. The third kappa shape index (κ3) is 4.72. The molecule has 25 heavy (non-hydrogen) atoms. The number of hydrogen-bond donors (Lipinski definition) is 2. The molecule has 2 N–H and O–H groups in total. The highest BCUT2D eigenvalue weighted by Crippen LogP contribution is 2.21. The summed E-state index contributed by atoms with van der Waals surface area (Å²) < 4.78 is 0. The van der Waals surface area contributed by atoms with E-state index in [-0.39, 0.29) is 12.1 Å². The van der Waals surface area contributed by atoms with Crippen molar-refractivity contribution in [2.75, 3.05) is 19.6 Å². The zero-order valence-electron chi connectivity index (χ0n) is 15.0. The quantitative estimate of drug-likeness (QED) is 0.884. The maximum Gasteiger partial charge on any atom is 0.317 e. The molecule has 2 aliphatic rings. The minimum Gasteiger partial charge on any atom is -0.390 e. The number of hydrogen-bond acceptors (Lipinski definition) is 4. The summed E-state index contributed by atoms with van der Waals surface area (Å²) in [6.45, 7) is 5.58. The normalized spacial score (nSPS) is 26.6. The van der Waals surface area contributed by atoms with E-state index in [1.165, 1.54) is 5.56 Å². The second kappa shape index (κ2) is 7.44. The maximum absolute atomic E-state index is 12.3. The van der Waals surface area contributed by atoms with Crippen molar-refractivity contribution >= 4 is 11.7 Å². The van der Waals surface area contributed by atoms with Gasteiger partial charge in [0.25, 0.3) is 0 Å². The molecule has 0 aromatic heterocycles. The van der Waals surface area contributed by atoms with Crippen LogP contribution in [0, 0.1) is 6.92 Å². The van der Waals surface area contributed by atoms with Gasteiger partial charge in [-0.25, -0.2) is 4.79 Å². The SMILES string of the molecule is Cc1ccc(C2=NO[C@H](CNC(=O)N3CCC[C@](C)(O)CC3)C2)cc1. The van der Waals surface area contributed by atoms with E-state index in [1.54, 1.807) is 4.90 Å². The summed E-state index contributed by atoms with van der Waals surface area (Å²) in [6.07, 6.45) is 2.73. The number of amides is 2. The van der Waals surface area contributed by atoms with E-state index in [9.17, 15) is 9.90 Å². The minimum absolute atomic E-state index is 0.0925. The van der Waals surface area contributed by atoms with Crippen molar-refractivity contribution in [1.29, 1.82) is 0 Å². The number of urea groups is 1. The van der Waals surface area contributed by atoms with Gasteiger partial charge in [-0.2, -0.15) is 0 Å². The molecule has 1 aromatic rings. The molecule has 0 spiro atoms. The van der Waals surface area contributed by atoms with Gasteiger partial charge in [0.15, 0.2) is 6.10 Å². The Hall–Kier alpha value is -2.08. The standard InChI is InChI=1S/C19H27N3O3/c1-14-4-6-15(7-5-14)17-12-16(25-21-17)13-20-18(23)22-10-3-8-19(2,24)9-11-22/h4-7,16,24H,3,8-13H2,1-2H3,(H,20,23)/t16-,19-/m0/s1. The highest BCUT2D eigenvalue weighted by atomic mass is 16.6. The van der Waals surface area contributed by atoms with Gasteiger partial charge in [-0.15, -0.1) is 0 Å². The molecule has 6 nitrogen and oxygen atoms in total. The number of oxime groups is 1. The number of likely N-dealkylation sites (tertiary alicyclic amines) is 1. The van der Waals surface area contributed by atoms with Gasteiger partial charge in [-0.05, 0) is 38.7 Å². The molecule has 2 heterocycles. The van der Waals surface area contributed by atoms with Gasteiger partial charge in [0.2, 0.25) is 0 Å². The lowest BCUT2D eigenvalue weighted by molar-refractivity contribution is 0.0455. The molecule has 3 rings (SSSR count). The van der Waals surface area contributed by atoms with Crippen LogP contribution in [-0.2, 0) is 4.84 Å². The monoisotopic (exact) mass is 345 g/mol. The number of benzene rings is 1. The summed E-state index contributed by atoms with van der Waals surface area (Å²) in [5.41, 5.74) is 2.53. The number of nitrogens with one attached hydrogen (secondary N) is 1. The predicted octanol–water partition coefficient (Wildman–Crippen LogP) is 2.43. The first-order valence-electron chi connectivity index (χ1n) is 8.98. The van der Waals surface area contributed by atoms with Crippen molar-refractivity contribution in [1.82, 2.24) is 10.2 Å². The Morgan fingerprint density at radius 2 is 2.12 bits per heavy atom. The van der Waals surface area contributed by atoms with Crippen molar-refractivity contribution in [2.24, 2.45) is 5.16 Å². The molecule has 0 radical (unpaired) electrons. The van der Waals surface area contributed by atoms with Crippen LogP contribution in [0.2, 0.25) is 0 Å². The summed E-state index contributed by atoms with van der Waals surface area (Å²) >= 11 is 0. The third-order valence-corrected chi connectivity index (χ3v) is 4.95. The highest BCUT2D eigenvalue weighted by Gasteiger charge is 2.28. The first-order chi connectivity index (χ1) is 11.9. The van der Waals surface area contributed by atoms with Crippen LogP contribution >= 0.6 is 0 Å². The van der Waals surface area contributed by atoms with E-state index < -0.39 is 5.60 Å². The van der Waals surface area contributed by atoms with E-state index in [0.717, 1.165) is 24.1 Å². The van der Waals surface area contributed by atoms with Crippen LogP contribution in [0.1, 0.15) is 43.7 Å². The van der Waals surface area contributed by atoms with Gasteiger partial charge in [0.1, 0.15) is 0 Å². The second-order valence-corrected chi connectivity index (χ2v) is 7.36. The van der Waals surface area contributed by atoms with E-state index >= 15 is 0 Å². The molecule has 0 unspecified atom stereocenters. The minimum atomic E-state index is -0.666. The first-order valence-corrected chi connectivity index (χ1v) is 8.98. The third-order valence-electron chi connectivity index (χ3n) is 4.95. The van der Waals surface area contributed by atoms with Gasteiger partial charge in [-0.1, -0.05) is 35.0 Å². The molecule has 136 valence electrons. The van der Waals surface area contributed by atoms with Crippen LogP contribution in [0.5, 0.6) is 0 Å². The van der Waals surface area contributed by atoms with Gasteiger partial charge in [-0.3, -0.25) is 0 Å². The molecular formula is C19H27N3O3. The maximum atomic E-state index is 12.3. The Labute approximate surface area is 148 Å². The average molecular weight is 345 g/mol. The molecule has 1 saturated heterocycles. The van der Waals surface area contributed by atoms with Crippen LogP contribution in [0.3, 0.4) is 0 Å². The van der Waals surface area contributed by atoms with Gasteiger partial charge >= 0.3 is 6.03 Å². The van der Waals surface area contributed by atoms with Crippen LogP contribution < -0.4 is 5.32 Å². The van der Waals surface area contributed by atoms with Crippen molar-refractivity contribution in [3.05, 3.63) is 35.4 Å². The lowest BCUT2D eigenvalue weighted by Gasteiger charge is -2.23. The molecule has 2 atom stereocenters. The Morgan fingerprint density at radius 1 is 1.36 bits per heavy atom. The number of aryl methyl sites for hydroxylation is 1. The van der Waals surface area contributed by atoms with Crippen LogP contribution in [0.15, 0.2) is 29.4 Å². The topological polar surface area (TPSA) is 74.2 Å². The Bertz CT molecular complexity index is 640. The van der Waals surface area contributed by atoms with Gasteiger partial charge < -0.3 is 20.2 Å². The summed E-state index contributed by atoms with van der Waals surface area (Å²) in [5.74, 6) is 0. The summed E-state index contributed by atoms with van der Waals surface area (Å²) in [6, 6.07) is 8.11. The van der Waals surface area contributed by atoms with Gasteiger partial charge in [0, 0.05) is 19.5 Å². The molecule has 2 amide bonds. The molecule has 0 aliphatic carbocycles. The van der Waals surface area contributed by atoms with Crippen molar-refractivity contribution in [2.45, 2.75) is 51.2 Å². The van der Waals surface area contributed by atoms with Crippen molar-refractivity contribution in [3.8, 4) is 0 Å². The fourth-order valence-electron chi connectivity index (χ4n) is 3.23. The zero-order chi connectivity index (χ0) is 17.9. The van der Waals surface area contributed by atoms with E-state index in [4.69, 9.17) is 4.84 Å². The largest absolute Gasteiger partial charge is 0.390 e. The number of carbonyl (C=O) groups excluding carboxylic acids is 1. The van der Waals surface area contributed by atoms with E-state index in [1.807, 2.05) is 19.1 Å². The van der Waals surface area contributed by atoms with Crippen molar-refractivity contribution in [3.63, 3.8) is 0 Å². The molecular weight excluding hydrogens is 318 g/mol. The Balaban J connectivity index is 1.45. The molecule has 1 aromatic carbocycles. The summed E-state index contributed by atoms with van der Waals surface area (Å²) in [4.78, 5) is 19.6. The van der Waals surface area contributed by atoms with E-state index in [0.29, 0.717) is 32.5 Å². The van der Waals surface area contributed by atoms with Crippen LogP contribution in [-0.4, -0.2) is 53.1 Å². The first kappa shape index (κ1) is 17.7. The summed E-state index contributed by atoms with van der Waals surface area (Å²) in [7, 11) is 0. The molecule has 0 saturated carbocycles. The molecule has 1 fully saturated rings. The lowest BCUT2D eigenvalue weighted by Crippen LogP contribution is -2.43. The predicted molar refractivity (Wildman–Crippen MR) is 96.7 cm³/mol. The molecule has 2 aliphatic heterocycles. The molecule has 0 bridgehead atoms. The fourth-order valence-corrected chi connectivity index (χ4v) is 3.23. The zero-order valence-corrected chi connectivity index (χ0v) is 15.0. The molecule has 6 heteroatoms. The second-order valence-electron chi connectivity index (χ2n) is 7.36. The lowest BCUT2D eigenvalue weighted by atomic mass is 9.98. The van der Waals surface area contributed by atoms with Crippen LogP contribution in [0.4, 0.5) is 4.79 Å². The number of nitrogens with zero attached hydrogens (tertiary/aromatic N) is 2. The Kier molecular flexibility index (Phi) is 5.27. The summed E-state index contributed by atoms with van der Waals surface area (Å²) in [5, 5.41) is 17.2. The fraction of sp³-hybridized carbons (Fsp3) is 0.579. The van der Waals surface area contributed by atoms with E-state index in [2.05, 4.69) is 29.5 Å². The number of carbonyl (C=O) groups is 1. The number of aliphatic hydroxyl groups is 1. The smallest absolute Gasteiger partial charge is 0.317 e. The van der Waals surface area contributed by atoms with Crippen molar-refractivity contribution < 1.29 is 14.7 Å². The number of rotatable bonds is 3. The van der Waals surface area contributed by atoms with Gasteiger partial charge in [0.05, 0.1) is 17.9 Å². The van der Waals surface area contributed by atoms with Crippen LogP contribution in [0.25, 0.3) is 0 Å².